The largest absolute Gasteiger partial charge is 0.497 e. The van der Waals surface area contributed by atoms with Gasteiger partial charge in [-0.2, -0.15) is 0 Å². The van der Waals surface area contributed by atoms with Crippen molar-refractivity contribution in [3.63, 3.8) is 0 Å². The molecular formula is C18H21NO6. The molecule has 0 aliphatic carbocycles. The van der Waals surface area contributed by atoms with Gasteiger partial charge in [-0.1, -0.05) is 24.2 Å². The molecular weight excluding hydrogens is 326 g/mol. The number of hydrogen-bond donors (Lipinski definition) is 0. The summed E-state index contributed by atoms with van der Waals surface area (Å²) in [5.41, 5.74) is -1.51. The fourth-order valence-corrected chi connectivity index (χ4v) is 1.42. The summed E-state index contributed by atoms with van der Waals surface area (Å²) in [7, 11) is 1.02. The zero-order chi connectivity index (χ0) is 34.0. The molecule has 0 spiro atoms. The second-order valence-electron chi connectivity index (χ2n) is 3.94. The summed E-state index contributed by atoms with van der Waals surface area (Å²) in [6.45, 7) is -12.7. The third-order valence-corrected chi connectivity index (χ3v) is 2.44. The number of hydrogen-bond acceptors (Lipinski definition) is 6. The summed E-state index contributed by atoms with van der Waals surface area (Å²) in [5.74, 6) is -7.27. The van der Waals surface area contributed by atoms with Crippen molar-refractivity contribution in [3.05, 3.63) is 51.9 Å². The Morgan fingerprint density at radius 1 is 1.32 bits per heavy atom. The first-order valence-electron chi connectivity index (χ1n) is 15.2. The van der Waals surface area contributed by atoms with Gasteiger partial charge in [-0.05, 0) is 48.0 Å². The summed E-state index contributed by atoms with van der Waals surface area (Å²) in [6, 6.07) is -6.36. The number of benzene rings is 2. The number of esters is 1. The molecule has 25 heavy (non-hydrogen) atoms. The molecule has 0 aromatic heterocycles. The zero-order valence-corrected chi connectivity index (χ0v) is 12.4. The van der Waals surface area contributed by atoms with E-state index in [1.54, 1.807) is 0 Å². The normalized spacial score (nSPS) is 26.3. The van der Waals surface area contributed by atoms with E-state index in [1.807, 2.05) is 0 Å². The average molecular weight is 365 g/mol. The minimum atomic E-state index is -4.44. The highest BCUT2D eigenvalue weighted by Gasteiger charge is 2.17. The van der Waals surface area contributed by atoms with Crippen LogP contribution in [0.2, 0.25) is 0 Å². The van der Waals surface area contributed by atoms with E-state index in [0.717, 1.165) is 7.11 Å². The van der Waals surface area contributed by atoms with Crippen molar-refractivity contribution in [3.8, 4) is 5.75 Å². The van der Waals surface area contributed by atoms with Crippen molar-refractivity contribution in [1.82, 2.24) is 0 Å². The monoisotopic (exact) mass is 365 g/mol. The predicted molar refractivity (Wildman–Crippen MR) is 92.1 cm³/mol. The van der Waals surface area contributed by atoms with Crippen molar-refractivity contribution in [2.75, 3.05) is 20.2 Å². The van der Waals surface area contributed by atoms with Crippen LogP contribution >= 0.6 is 0 Å². The first-order valence-corrected chi connectivity index (χ1v) is 6.23. The number of methoxy groups -OCH3 is 1. The quantitative estimate of drug-likeness (QED) is 0.384. The standard InChI is InChI=1S/C18H21NO6/c1-13(18(20)24-9-3-4-10-25-19(21)22)14-5-6-16-12-17(23-2)8-7-15(16)11-14/h5-8,11-13H,3-4,9-10H2,1-2H3/t13-/m0/s1/i1D3,3D2,4D2,5D,6D,7D,8D,9D2,10D2,11D,12D,13D. The lowest BCUT2D eigenvalue weighted by atomic mass is 9.98. The van der Waals surface area contributed by atoms with Crippen molar-refractivity contribution >= 4 is 16.7 Å². The van der Waals surface area contributed by atoms with Crippen LogP contribution in [0.25, 0.3) is 10.8 Å². The number of ether oxygens (including phenoxy) is 2. The maximum absolute atomic E-state index is 13.3. The molecule has 134 valence electrons. The molecule has 0 saturated carbocycles. The molecule has 2 aromatic carbocycles. The topological polar surface area (TPSA) is 87.9 Å². The third-order valence-electron chi connectivity index (χ3n) is 2.44. The Kier molecular flexibility index (Phi) is 2.08. The van der Waals surface area contributed by atoms with E-state index in [1.165, 1.54) is 0 Å². The van der Waals surface area contributed by atoms with Crippen molar-refractivity contribution in [2.24, 2.45) is 0 Å². The Morgan fingerprint density at radius 3 is 2.76 bits per heavy atom. The summed E-state index contributed by atoms with van der Waals surface area (Å²) in [5, 5.41) is 7.21. The lowest BCUT2D eigenvalue weighted by Gasteiger charge is -2.13. The molecule has 0 radical (unpaired) electrons. The van der Waals surface area contributed by atoms with Crippen LogP contribution in [-0.4, -0.2) is 31.3 Å². The summed E-state index contributed by atoms with van der Waals surface area (Å²) >= 11 is 0. The van der Waals surface area contributed by atoms with Gasteiger partial charge in [-0.25, -0.2) is 0 Å². The van der Waals surface area contributed by atoms with E-state index in [0.29, 0.717) is 0 Å². The molecule has 1 atom stereocenters. The molecule has 0 unspecified atom stereocenters. The Bertz CT molecular complexity index is 1490. The van der Waals surface area contributed by atoms with Gasteiger partial charge < -0.3 is 14.3 Å². The van der Waals surface area contributed by atoms with Crippen LogP contribution in [0.5, 0.6) is 5.75 Å². The highest BCUT2D eigenvalue weighted by molar-refractivity contribution is 5.86. The Balaban J connectivity index is 2.91. The Labute approximate surface area is 170 Å². The van der Waals surface area contributed by atoms with E-state index in [9.17, 15) is 14.9 Å². The van der Waals surface area contributed by atoms with Crippen LogP contribution in [0.15, 0.2) is 36.3 Å². The zero-order valence-electron chi connectivity index (χ0n) is 30.4. The van der Waals surface area contributed by atoms with Gasteiger partial charge in [0.1, 0.15) is 5.75 Å². The lowest BCUT2D eigenvalue weighted by molar-refractivity contribution is -0.757. The molecule has 0 fully saturated rings. The first-order chi connectivity index (χ1) is 19.1. The van der Waals surface area contributed by atoms with Crippen LogP contribution in [0, 0.1) is 10.1 Å². The Morgan fingerprint density at radius 2 is 2.04 bits per heavy atom. The highest BCUT2D eigenvalue weighted by Crippen LogP contribution is 2.25. The maximum atomic E-state index is 13.3. The molecule has 0 amide bonds. The van der Waals surface area contributed by atoms with Gasteiger partial charge >= 0.3 is 5.97 Å². The van der Waals surface area contributed by atoms with E-state index in [4.69, 9.17) is 29.4 Å². The Hall–Kier alpha value is -2.83. The summed E-state index contributed by atoms with van der Waals surface area (Å²) in [4.78, 5) is 27.4. The number of rotatable bonds is 9. The number of fused-ring (bicyclic) bond motifs is 1. The second kappa shape index (κ2) is 8.86. The van der Waals surface area contributed by atoms with Crippen LogP contribution in [0.1, 0.15) is 55.7 Å². The molecule has 0 N–H and O–H groups in total. The SMILES string of the molecule is [2H]c1c([C@@]([2H])(C(=O)OC([2H])([2H])C([2H])([2H])C([2H])([2H])C([2H])([2H])O[N+](=O)[O-])C([2H])([2H])[2H])c([2H])c2c([2H])c([2H])c(OC)c([2H])c2c1[2H]. The van der Waals surface area contributed by atoms with E-state index in [-0.39, 0.29) is 0 Å². The molecule has 0 saturated heterocycles. The van der Waals surface area contributed by atoms with E-state index in [2.05, 4.69) is 9.57 Å². The molecule has 2 rings (SSSR count). The van der Waals surface area contributed by atoms with Crippen molar-refractivity contribution in [2.45, 2.75) is 25.5 Å². The van der Waals surface area contributed by atoms with Gasteiger partial charge in [0.2, 0.25) is 0 Å². The number of nitrogens with zero attached hydrogens (tertiary/aromatic N) is 1. The number of carbonyl (C=O) groups excluding carboxylic acids is 1. The molecule has 2 aromatic rings. The summed E-state index contributed by atoms with van der Waals surface area (Å²) < 4.78 is 152. The van der Waals surface area contributed by atoms with Gasteiger partial charge in [-0.15, -0.1) is 10.1 Å². The van der Waals surface area contributed by atoms with E-state index < -0.39 is 108 Å². The van der Waals surface area contributed by atoms with E-state index >= 15 is 0 Å². The fourth-order valence-electron chi connectivity index (χ4n) is 1.42. The average Bonchev–Trinajstić information content (AvgIpc) is 2.82. The summed E-state index contributed by atoms with van der Waals surface area (Å²) in [6.07, 6.45) is -8.80. The smallest absolute Gasteiger partial charge is 0.313 e. The van der Waals surface area contributed by atoms with Crippen molar-refractivity contribution < 1.29 is 48.9 Å². The third kappa shape index (κ3) is 5.34. The number of carbonyl (C=O) groups is 1. The minimum absolute atomic E-state index is 0.560. The van der Waals surface area contributed by atoms with Crippen LogP contribution in [0.4, 0.5) is 0 Å². The molecule has 7 heteroatoms. The van der Waals surface area contributed by atoms with Crippen LogP contribution in [-0.2, 0) is 14.4 Å². The maximum Gasteiger partial charge on any atom is 0.313 e. The van der Waals surface area contributed by atoms with Crippen LogP contribution in [0.3, 0.4) is 0 Å². The molecule has 7 nitrogen and oxygen atoms in total. The lowest BCUT2D eigenvalue weighted by Crippen LogP contribution is -2.14. The predicted octanol–water partition coefficient (Wildman–Crippen LogP) is 3.48. The van der Waals surface area contributed by atoms with Crippen LogP contribution < -0.4 is 4.74 Å². The van der Waals surface area contributed by atoms with Gasteiger partial charge in [0.25, 0.3) is 5.09 Å². The highest BCUT2D eigenvalue weighted by atomic mass is 16.9. The molecule has 0 heterocycles. The van der Waals surface area contributed by atoms with Crippen molar-refractivity contribution in [1.29, 1.82) is 0 Å². The molecule has 0 bridgehead atoms. The van der Waals surface area contributed by atoms with Gasteiger partial charge in [-0.3, -0.25) is 4.79 Å². The van der Waals surface area contributed by atoms with Gasteiger partial charge in [0, 0.05) is 11.0 Å². The first kappa shape index (κ1) is 5.86. The second-order valence-corrected chi connectivity index (χ2v) is 3.94. The molecule has 0 aliphatic heterocycles. The van der Waals surface area contributed by atoms with Gasteiger partial charge in [0.05, 0.1) is 39.8 Å². The van der Waals surface area contributed by atoms with Gasteiger partial charge in [0.15, 0.2) is 0 Å². The molecule has 0 aliphatic rings. The minimum Gasteiger partial charge on any atom is -0.497 e. The fraction of sp³-hybridized carbons (Fsp3) is 0.389.